The molecule has 0 spiro atoms. The number of nitrogens with two attached hydrogens (primary N) is 1. The normalized spacial score (nSPS) is 11.3. The van der Waals surface area contributed by atoms with Crippen LogP contribution in [0.5, 0.6) is 0 Å². The molecule has 0 bridgehead atoms. The van der Waals surface area contributed by atoms with Gasteiger partial charge in [0.1, 0.15) is 15.6 Å². The van der Waals surface area contributed by atoms with Gasteiger partial charge >= 0.3 is 0 Å². The molecule has 0 aliphatic carbocycles. The number of aromatic nitrogens is 5. The third-order valence-corrected chi connectivity index (χ3v) is 4.76. The van der Waals surface area contributed by atoms with E-state index in [0.717, 1.165) is 10.6 Å². The molecule has 134 valence electrons. The van der Waals surface area contributed by atoms with Crippen LogP contribution in [0, 0.1) is 0 Å². The number of carbonyl (C=O) groups is 2. The summed E-state index contributed by atoms with van der Waals surface area (Å²) in [7, 11) is 0. The van der Waals surface area contributed by atoms with Gasteiger partial charge in [-0.2, -0.15) is 0 Å². The van der Waals surface area contributed by atoms with Crippen LogP contribution in [0.3, 0.4) is 0 Å². The molecule has 0 atom stereocenters. The summed E-state index contributed by atoms with van der Waals surface area (Å²) >= 11 is 1.40. The zero-order valence-electron chi connectivity index (χ0n) is 14.2. The van der Waals surface area contributed by atoms with E-state index >= 15 is 0 Å². The predicted octanol–water partition coefficient (Wildman–Crippen LogP) is 0.947. The van der Waals surface area contributed by atoms with Crippen molar-refractivity contribution in [1.82, 2.24) is 30.5 Å². The first-order valence-corrected chi connectivity index (χ1v) is 8.58. The van der Waals surface area contributed by atoms with Gasteiger partial charge < -0.3 is 11.1 Å². The lowest BCUT2D eigenvalue weighted by atomic mass is 10.1. The van der Waals surface area contributed by atoms with E-state index in [1.54, 1.807) is 13.8 Å². The average Bonchev–Trinajstić information content (AvgIpc) is 3.30. The van der Waals surface area contributed by atoms with Gasteiger partial charge in [0.05, 0.1) is 12.7 Å². The molecule has 1 aromatic carbocycles. The van der Waals surface area contributed by atoms with E-state index in [9.17, 15) is 9.59 Å². The highest BCUT2D eigenvalue weighted by Gasteiger charge is 2.29. The second-order valence-electron chi connectivity index (χ2n) is 6.02. The lowest BCUT2D eigenvalue weighted by molar-refractivity contribution is -0.125. The van der Waals surface area contributed by atoms with Crippen LogP contribution >= 0.6 is 11.3 Å². The van der Waals surface area contributed by atoms with Gasteiger partial charge in [-0.15, -0.1) is 15.3 Å². The zero-order chi connectivity index (χ0) is 18.7. The van der Waals surface area contributed by atoms with Crippen LogP contribution in [0.2, 0.25) is 0 Å². The molecule has 0 saturated carbocycles. The van der Waals surface area contributed by atoms with Crippen molar-refractivity contribution in [3.63, 3.8) is 0 Å². The average molecular weight is 371 g/mol. The summed E-state index contributed by atoms with van der Waals surface area (Å²) in [5.41, 5.74) is 5.32. The van der Waals surface area contributed by atoms with E-state index in [0.29, 0.717) is 5.01 Å². The smallest absolute Gasteiger partial charge is 0.273 e. The molecule has 3 rings (SSSR count). The highest BCUT2D eigenvalue weighted by molar-refractivity contribution is 7.14. The maximum Gasteiger partial charge on any atom is 0.273 e. The highest BCUT2D eigenvalue weighted by atomic mass is 32.1. The summed E-state index contributed by atoms with van der Waals surface area (Å²) in [4.78, 5) is 23.7. The van der Waals surface area contributed by atoms with E-state index in [-0.39, 0.29) is 12.2 Å². The van der Waals surface area contributed by atoms with Gasteiger partial charge in [-0.3, -0.25) is 9.59 Å². The minimum absolute atomic E-state index is 0.0899. The summed E-state index contributed by atoms with van der Waals surface area (Å²) < 4.78 is 1.27. The molecule has 0 unspecified atom stereocenters. The number of carbonyl (C=O) groups excluding carboxylic acids is 2. The lowest BCUT2D eigenvalue weighted by Crippen LogP contribution is -2.41. The SMILES string of the molecule is CC(C)(C(N)=O)n1cc(C(=O)NCc2nnc(-c3ccccc3)s2)nn1. The minimum atomic E-state index is -1.07. The molecule has 0 aliphatic heterocycles. The summed E-state index contributed by atoms with van der Waals surface area (Å²) in [6, 6.07) is 9.67. The second-order valence-corrected chi connectivity index (χ2v) is 7.08. The predicted molar refractivity (Wildman–Crippen MR) is 95.1 cm³/mol. The molecule has 0 fully saturated rings. The number of amides is 2. The maximum absolute atomic E-state index is 12.2. The number of hydrogen-bond donors (Lipinski definition) is 2. The van der Waals surface area contributed by atoms with E-state index < -0.39 is 17.4 Å². The number of nitrogens with one attached hydrogen (secondary N) is 1. The Kier molecular flexibility index (Phi) is 4.76. The van der Waals surface area contributed by atoms with Crippen molar-refractivity contribution < 1.29 is 9.59 Å². The van der Waals surface area contributed by atoms with Crippen LogP contribution in [0.15, 0.2) is 36.5 Å². The molecule has 2 amide bonds. The molecule has 0 saturated heterocycles. The van der Waals surface area contributed by atoms with Crippen LogP contribution in [-0.4, -0.2) is 37.0 Å². The van der Waals surface area contributed by atoms with Gasteiger partial charge in [-0.1, -0.05) is 46.9 Å². The third kappa shape index (κ3) is 3.59. The fourth-order valence-electron chi connectivity index (χ4n) is 2.02. The van der Waals surface area contributed by atoms with Crippen molar-refractivity contribution in [3.8, 4) is 10.6 Å². The Labute approximate surface area is 153 Å². The standard InChI is InChI=1S/C16H17N7O2S/c1-16(2,15(17)25)23-9-11(19-22-23)13(24)18-8-12-20-21-14(26-12)10-6-4-3-5-7-10/h3-7,9H,8H2,1-2H3,(H2,17,25)(H,18,24). The zero-order valence-corrected chi connectivity index (χ0v) is 15.0. The molecule has 9 nitrogen and oxygen atoms in total. The molecule has 3 N–H and O–H groups in total. The molecule has 26 heavy (non-hydrogen) atoms. The summed E-state index contributed by atoms with van der Waals surface area (Å²) in [5, 5.41) is 20.0. The van der Waals surface area contributed by atoms with Crippen LogP contribution < -0.4 is 11.1 Å². The molecule has 2 heterocycles. The first-order valence-electron chi connectivity index (χ1n) is 7.76. The molecule has 2 aromatic heterocycles. The van der Waals surface area contributed by atoms with Crippen molar-refractivity contribution in [2.75, 3.05) is 0 Å². The summed E-state index contributed by atoms with van der Waals surface area (Å²) in [6.07, 6.45) is 1.38. The maximum atomic E-state index is 12.2. The number of nitrogens with zero attached hydrogens (tertiary/aromatic N) is 5. The largest absolute Gasteiger partial charge is 0.368 e. The Hall–Kier alpha value is -3.14. The van der Waals surface area contributed by atoms with Crippen molar-refractivity contribution in [2.45, 2.75) is 25.9 Å². The van der Waals surface area contributed by atoms with E-state index in [1.165, 1.54) is 22.2 Å². The van der Waals surface area contributed by atoms with Crippen molar-refractivity contribution in [1.29, 1.82) is 0 Å². The first-order chi connectivity index (χ1) is 12.4. The quantitative estimate of drug-likeness (QED) is 0.664. The Bertz CT molecular complexity index is 933. The molecular formula is C16H17N7O2S. The first kappa shape index (κ1) is 17.7. The van der Waals surface area contributed by atoms with E-state index in [4.69, 9.17) is 5.73 Å². The van der Waals surface area contributed by atoms with E-state index in [2.05, 4.69) is 25.8 Å². The van der Waals surface area contributed by atoms with Gasteiger partial charge in [0.2, 0.25) is 5.91 Å². The monoisotopic (exact) mass is 371 g/mol. The van der Waals surface area contributed by atoms with Crippen molar-refractivity contribution in [2.24, 2.45) is 5.73 Å². The Morgan fingerprint density at radius 3 is 2.62 bits per heavy atom. The molecule has 10 heteroatoms. The lowest BCUT2D eigenvalue weighted by Gasteiger charge is -2.19. The number of hydrogen-bond acceptors (Lipinski definition) is 7. The number of primary amides is 1. The second kappa shape index (κ2) is 7.00. The number of rotatable bonds is 6. The van der Waals surface area contributed by atoms with Crippen LogP contribution in [0.25, 0.3) is 10.6 Å². The van der Waals surface area contributed by atoms with Gasteiger partial charge in [0.15, 0.2) is 5.69 Å². The third-order valence-electron chi connectivity index (χ3n) is 3.79. The Morgan fingerprint density at radius 1 is 1.19 bits per heavy atom. The topological polar surface area (TPSA) is 129 Å². The van der Waals surface area contributed by atoms with Gasteiger partial charge in [-0.25, -0.2) is 4.68 Å². The Balaban J connectivity index is 1.64. The van der Waals surface area contributed by atoms with Crippen molar-refractivity contribution >= 4 is 23.2 Å². The van der Waals surface area contributed by atoms with Crippen molar-refractivity contribution in [3.05, 3.63) is 47.2 Å². The highest BCUT2D eigenvalue weighted by Crippen LogP contribution is 2.22. The summed E-state index contributed by atoms with van der Waals surface area (Å²) in [5.74, 6) is -0.996. The Morgan fingerprint density at radius 2 is 1.92 bits per heavy atom. The summed E-state index contributed by atoms with van der Waals surface area (Å²) in [6.45, 7) is 3.41. The minimum Gasteiger partial charge on any atom is -0.368 e. The van der Waals surface area contributed by atoms with Gasteiger partial charge in [-0.05, 0) is 13.8 Å². The van der Waals surface area contributed by atoms with E-state index in [1.807, 2.05) is 30.3 Å². The van der Waals surface area contributed by atoms with Crippen LogP contribution in [-0.2, 0) is 16.9 Å². The van der Waals surface area contributed by atoms with Crippen LogP contribution in [0.1, 0.15) is 29.3 Å². The van der Waals surface area contributed by atoms with Gasteiger partial charge in [0, 0.05) is 5.56 Å². The van der Waals surface area contributed by atoms with Gasteiger partial charge in [0.25, 0.3) is 5.91 Å². The fraction of sp³-hybridized carbons (Fsp3) is 0.250. The molecular weight excluding hydrogens is 354 g/mol. The fourth-order valence-corrected chi connectivity index (χ4v) is 2.81. The molecule has 0 aliphatic rings. The molecule has 3 aromatic rings. The molecule has 0 radical (unpaired) electrons. The van der Waals surface area contributed by atoms with Crippen LogP contribution in [0.4, 0.5) is 0 Å². The number of benzene rings is 1.